The van der Waals surface area contributed by atoms with Crippen molar-refractivity contribution in [2.75, 3.05) is 18.0 Å². The van der Waals surface area contributed by atoms with Crippen molar-refractivity contribution in [1.29, 1.82) is 0 Å². The van der Waals surface area contributed by atoms with Crippen LogP contribution in [-0.4, -0.2) is 13.1 Å². The van der Waals surface area contributed by atoms with Gasteiger partial charge in [-0.1, -0.05) is 26.0 Å². The van der Waals surface area contributed by atoms with Crippen LogP contribution in [0.1, 0.15) is 32.3 Å². The smallest absolute Gasteiger partial charge is 0.0366 e. The van der Waals surface area contributed by atoms with Gasteiger partial charge in [0.1, 0.15) is 0 Å². The predicted molar refractivity (Wildman–Crippen MR) is 66.4 cm³/mol. The number of hydrogen-bond acceptors (Lipinski definition) is 1. The zero-order valence-electron chi connectivity index (χ0n) is 9.87. The van der Waals surface area contributed by atoms with E-state index in [0.29, 0.717) is 0 Å². The summed E-state index contributed by atoms with van der Waals surface area (Å²) in [4.78, 5) is 2.49. The highest BCUT2D eigenvalue weighted by Crippen LogP contribution is 2.21. The first-order chi connectivity index (χ1) is 7.25. The van der Waals surface area contributed by atoms with Gasteiger partial charge in [-0.3, -0.25) is 0 Å². The average molecular weight is 203 g/mol. The maximum Gasteiger partial charge on any atom is 0.0366 e. The largest absolute Gasteiger partial charge is 0.372 e. The molecule has 1 aliphatic rings. The Morgan fingerprint density at radius 1 is 1.07 bits per heavy atom. The van der Waals surface area contributed by atoms with Gasteiger partial charge in [-0.25, -0.2) is 0 Å². The Morgan fingerprint density at radius 3 is 2.20 bits per heavy atom. The molecule has 1 heterocycles. The van der Waals surface area contributed by atoms with E-state index >= 15 is 0 Å². The lowest BCUT2D eigenvalue weighted by atomic mass is 10.0. The maximum absolute atomic E-state index is 2.49. The second-order valence-corrected chi connectivity index (χ2v) is 4.96. The highest BCUT2D eigenvalue weighted by Gasteiger charge is 2.11. The standard InChI is InChI=1S/C14H21N/c1-12(2)11-13-5-7-14(8-6-13)15-9-3-4-10-15/h5-8,12H,3-4,9-11H2,1-2H3. The highest BCUT2D eigenvalue weighted by atomic mass is 15.1. The molecule has 0 N–H and O–H groups in total. The van der Waals surface area contributed by atoms with Crippen LogP contribution in [-0.2, 0) is 6.42 Å². The number of hydrogen-bond donors (Lipinski definition) is 0. The normalized spacial score (nSPS) is 16.3. The number of nitrogens with zero attached hydrogens (tertiary/aromatic N) is 1. The molecule has 82 valence electrons. The van der Waals surface area contributed by atoms with E-state index in [1.54, 1.807) is 0 Å². The minimum absolute atomic E-state index is 0.752. The summed E-state index contributed by atoms with van der Waals surface area (Å²) >= 11 is 0. The van der Waals surface area contributed by atoms with Crippen LogP contribution in [0.3, 0.4) is 0 Å². The van der Waals surface area contributed by atoms with Crippen LogP contribution in [0.2, 0.25) is 0 Å². The summed E-state index contributed by atoms with van der Waals surface area (Å²) in [6.07, 6.45) is 3.90. The van der Waals surface area contributed by atoms with Crippen LogP contribution < -0.4 is 4.90 Å². The lowest BCUT2D eigenvalue weighted by Gasteiger charge is -2.17. The Morgan fingerprint density at radius 2 is 1.67 bits per heavy atom. The van der Waals surface area contributed by atoms with Crippen molar-refractivity contribution in [2.24, 2.45) is 5.92 Å². The molecule has 1 nitrogen and oxygen atoms in total. The molecule has 1 saturated heterocycles. The van der Waals surface area contributed by atoms with Crippen molar-refractivity contribution < 1.29 is 0 Å². The van der Waals surface area contributed by atoms with E-state index in [4.69, 9.17) is 0 Å². The molecular formula is C14H21N. The summed E-state index contributed by atoms with van der Waals surface area (Å²) in [6.45, 7) is 7.02. The van der Waals surface area contributed by atoms with E-state index < -0.39 is 0 Å². The van der Waals surface area contributed by atoms with Crippen molar-refractivity contribution in [3.63, 3.8) is 0 Å². The van der Waals surface area contributed by atoms with Crippen LogP contribution in [0.5, 0.6) is 0 Å². The minimum Gasteiger partial charge on any atom is -0.372 e. The molecule has 1 aromatic carbocycles. The Labute approximate surface area is 93.1 Å². The van der Waals surface area contributed by atoms with Gasteiger partial charge in [-0.2, -0.15) is 0 Å². The predicted octanol–water partition coefficient (Wildman–Crippen LogP) is 3.49. The summed E-state index contributed by atoms with van der Waals surface area (Å²) in [5.41, 5.74) is 2.87. The van der Waals surface area contributed by atoms with Crippen LogP contribution in [0, 0.1) is 5.92 Å². The van der Waals surface area contributed by atoms with Gasteiger partial charge in [0.15, 0.2) is 0 Å². The van der Waals surface area contributed by atoms with Gasteiger partial charge in [-0.05, 0) is 42.9 Å². The molecule has 0 saturated carbocycles. The van der Waals surface area contributed by atoms with Gasteiger partial charge in [0, 0.05) is 18.8 Å². The zero-order chi connectivity index (χ0) is 10.7. The Bertz CT molecular complexity index is 294. The fourth-order valence-corrected chi connectivity index (χ4v) is 2.29. The van der Waals surface area contributed by atoms with Gasteiger partial charge < -0.3 is 4.90 Å². The van der Waals surface area contributed by atoms with Crippen LogP contribution >= 0.6 is 0 Å². The molecule has 0 amide bonds. The number of anilines is 1. The van der Waals surface area contributed by atoms with Crippen molar-refractivity contribution in [3.8, 4) is 0 Å². The first kappa shape index (κ1) is 10.5. The van der Waals surface area contributed by atoms with Crippen molar-refractivity contribution >= 4 is 5.69 Å². The molecule has 15 heavy (non-hydrogen) atoms. The molecular weight excluding hydrogens is 182 g/mol. The maximum atomic E-state index is 2.49. The molecule has 0 aliphatic carbocycles. The van der Waals surface area contributed by atoms with Crippen LogP contribution in [0.25, 0.3) is 0 Å². The second-order valence-electron chi connectivity index (χ2n) is 4.96. The van der Waals surface area contributed by atoms with Gasteiger partial charge in [-0.15, -0.1) is 0 Å². The minimum atomic E-state index is 0.752. The lowest BCUT2D eigenvalue weighted by molar-refractivity contribution is 0.647. The summed E-state index contributed by atoms with van der Waals surface area (Å²) in [6, 6.07) is 9.13. The molecule has 1 heteroatoms. The number of benzene rings is 1. The summed E-state index contributed by atoms with van der Waals surface area (Å²) in [5.74, 6) is 0.752. The second kappa shape index (κ2) is 4.69. The van der Waals surface area contributed by atoms with E-state index in [-0.39, 0.29) is 0 Å². The molecule has 2 rings (SSSR count). The van der Waals surface area contributed by atoms with E-state index in [2.05, 4.69) is 43.0 Å². The SMILES string of the molecule is CC(C)Cc1ccc(N2CCCC2)cc1. The molecule has 0 radical (unpaired) electrons. The lowest BCUT2D eigenvalue weighted by Crippen LogP contribution is -2.17. The monoisotopic (exact) mass is 203 g/mol. The Hall–Kier alpha value is -0.980. The van der Waals surface area contributed by atoms with Crippen molar-refractivity contribution in [2.45, 2.75) is 33.1 Å². The van der Waals surface area contributed by atoms with E-state index in [1.807, 2.05) is 0 Å². The van der Waals surface area contributed by atoms with Gasteiger partial charge in [0.05, 0.1) is 0 Å². The third kappa shape index (κ3) is 2.74. The van der Waals surface area contributed by atoms with Gasteiger partial charge >= 0.3 is 0 Å². The van der Waals surface area contributed by atoms with Crippen LogP contribution in [0.15, 0.2) is 24.3 Å². The fraction of sp³-hybridized carbons (Fsp3) is 0.571. The molecule has 0 spiro atoms. The van der Waals surface area contributed by atoms with Crippen LogP contribution in [0.4, 0.5) is 5.69 Å². The molecule has 1 aromatic rings. The zero-order valence-corrected chi connectivity index (χ0v) is 9.87. The van der Waals surface area contributed by atoms with E-state index in [1.165, 1.54) is 43.6 Å². The first-order valence-electron chi connectivity index (χ1n) is 6.09. The average Bonchev–Trinajstić information content (AvgIpc) is 2.71. The molecule has 1 aliphatic heterocycles. The fourth-order valence-electron chi connectivity index (χ4n) is 2.29. The van der Waals surface area contributed by atoms with E-state index in [9.17, 15) is 0 Å². The molecule has 1 fully saturated rings. The topological polar surface area (TPSA) is 3.24 Å². The third-order valence-corrected chi connectivity index (χ3v) is 3.05. The quantitative estimate of drug-likeness (QED) is 0.727. The molecule has 0 unspecified atom stereocenters. The van der Waals surface area contributed by atoms with Gasteiger partial charge in [0.2, 0.25) is 0 Å². The molecule has 0 bridgehead atoms. The number of rotatable bonds is 3. The summed E-state index contributed by atoms with van der Waals surface area (Å²) < 4.78 is 0. The van der Waals surface area contributed by atoms with Crippen molar-refractivity contribution in [1.82, 2.24) is 0 Å². The third-order valence-electron chi connectivity index (χ3n) is 3.05. The highest BCUT2D eigenvalue weighted by molar-refractivity contribution is 5.48. The van der Waals surface area contributed by atoms with E-state index in [0.717, 1.165) is 5.92 Å². The molecule has 0 aromatic heterocycles. The summed E-state index contributed by atoms with van der Waals surface area (Å²) in [7, 11) is 0. The first-order valence-corrected chi connectivity index (χ1v) is 6.09. The Balaban J connectivity index is 2.03. The van der Waals surface area contributed by atoms with Gasteiger partial charge in [0.25, 0.3) is 0 Å². The summed E-state index contributed by atoms with van der Waals surface area (Å²) in [5, 5.41) is 0. The molecule has 0 atom stereocenters. The Kier molecular flexibility index (Phi) is 3.30. The van der Waals surface area contributed by atoms with Crippen molar-refractivity contribution in [3.05, 3.63) is 29.8 Å².